The zero-order valence-corrected chi connectivity index (χ0v) is 13.5. The van der Waals surface area contributed by atoms with Gasteiger partial charge in [-0.1, -0.05) is 43.6 Å². The molecule has 0 aliphatic carbocycles. The van der Waals surface area contributed by atoms with Crippen molar-refractivity contribution in [3.63, 3.8) is 0 Å². The van der Waals surface area contributed by atoms with Gasteiger partial charge >= 0.3 is 0 Å². The van der Waals surface area contributed by atoms with Crippen LogP contribution in [0.2, 0.25) is 5.02 Å². The van der Waals surface area contributed by atoms with E-state index in [4.69, 9.17) is 21.1 Å². The van der Waals surface area contributed by atoms with E-state index >= 15 is 0 Å². The summed E-state index contributed by atoms with van der Waals surface area (Å²) in [7, 11) is 0. The Morgan fingerprint density at radius 3 is 2.36 bits per heavy atom. The minimum absolute atomic E-state index is 0.382. The van der Waals surface area contributed by atoms with E-state index in [-0.39, 0.29) is 0 Å². The standard InChI is InChI=1S/C18H19ClO3/c1-13(2)15-5-3-4-6-17(15)21-9-10-22-18-8-7-14(12-20)11-16(18)19/h3-8,11-13H,9-10H2,1-2H3. The molecule has 0 heterocycles. The summed E-state index contributed by atoms with van der Waals surface area (Å²) in [5.41, 5.74) is 1.70. The van der Waals surface area contributed by atoms with Gasteiger partial charge in [0.1, 0.15) is 31.0 Å². The van der Waals surface area contributed by atoms with Crippen molar-refractivity contribution < 1.29 is 14.3 Å². The number of carbonyl (C=O) groups excluding carboxylic acids is 1. The SMILES string of the molecule is CC(C)c1ccccc1OCCOc1ccc(C=O)cc1Cl. The molecule has 0 amide bonds. The van der Waals surface area contributed by atoms with Gasteiger partial charge in [0, 0.05) is 5.56 Å². The molecule has 0 aromatic heterocycles. The Hall–Kier alpha value is -2.00. The molecular formula is C18H19ClO3. The predicted molar refractivity (Wildman–Crippen MR) is 88.4 cm³/mol. The minimum Gasteiger partial charge on any atom is -0.490 e. The van der Waals surface area contributed by atoms with Gasteiger partial charge in [-0.3, -0.25) is 4.79 Å². The third-order valence-electron chi connectivity index (χ3n) is 3.23. The van der Waals surface area contributed by atoms with Crippen LogP contribution in [0.15, 0.2) is 42.5 Å². The van der Waals surface area contributed by atoms with E-state index in [2.05, 4.69) is 19.9 Å². The molecule has 0 radical (unpaired) electrons. The molecule has 2 rings (SSSR count). The number of para-hydroxylation sites is 1. The van der Waals surface area contributed by atoms with Gasteiger partial charge in [0.15, 0.2) is 0 Å². The van der Waals surface area contributed by atoms with Crippen molar-refractivity contribution in [1.29, 1.82) is 0 Å². The lowest BCUT2D eigenvalue weighted by atomic mass is 10.0. The Balaban J connectivity index is 1.89. The first kappa shape index (κ1) is 16.4. The Morgan fingerprint density at radius 2 is 1.73 bits per heavy atom. The van der Waals surface area contributed by atoms with Crippen molar-refractivity contribution in [2.24, 2.45) is 0 Å². The van der Waals surface area contributed by atoms with Gasteiger partial charge < -0.3 is 9.47 Å². The number of hydrogen-bond acceptors (Lipinski definition) is 3. The molecule has 0 atom stereocenters. The van der Waals surface area contributed by atoms with Crippen LogP contribution in [0.1, 0.15) is 35.7 Å². The van der Waals surface area contributed by atoms with Crippen molar-refractivity contribution in [1.82, 2.24) is 0 Å². The van der Waals surface area contributed by atoms with E-state index in [1.807, 2.05) is 18.2 Å². The first-order chi connectivity index (χ1) is 10.6. The maximum Gasteiger partial charge on any atom is 0.150 e. The summed E-state index contributed by atoms with van der Waals surface area (Å²) in [4.78, 5) is 10.7. The van der Waals surface area contributed by atoms with Gasteiger partial charge in [-0.25, -0.2) is 0 Å². The van der Waals surface area contributed by atoms with E-state index in [1.54, 1.807) is 18.2 Å². The second-order valence-corrected chi connectivity index (χ2v) is 5.60. The molecule has 22 heavy (non-hydrogen) atoms. The van der Waals surface area contributed by atoms with E-state index in [0.29, 0.717) is 35.5 Å². The molecule has 2 aromatic carbocycles. The second-order valence-electron chi connectivity index (χ2n) is 5.20. The van der Waals surface area contributed by atoms with Crippen LogP contribution < -0.4 is 9.47 Å². The van der Waals surface area contributed by atoms with Crippen LogP contribution in [-0.2, 0) is 0 Å². The maximum atomic E-state index is 10.7. The van der Waals surface area contributed by atoms with Crippen LogP contribution in [0, 0.1) is 0 Å². The van der Waals surface area contributed by atoms with Gasteiger partial charge in [-0.2, -0.15) is 0 Å². The Labute approximate surface area is 135 Å². The van der Waals surface area contributed by atoms with Gasteiger partial charge in [0.05, 0.1) is 5.02 Å². The monoisotopic (exact) mass is 318 g/mol. The summed E-state index contributed by atoms with van der Waals surface area (Å²) in [6.45, 7) is 5.07. The number of ether oxygens (including phenoxy) is 2. The molecule has 0 fully saturated rings. The third kappa shape index (κ3) is 4.25. The quantitative estimate of drug-likeness (QED) is 0.546. The summed E-state index contributed by atoms with van der Waals surface area (Å²) in [6, 6.07) is 12.9. The molecule has 0 unspecified atom stereocenters. The number of rotatable bonds is 7. The summed E-state index contributed by atoms with van der Waals surface area (Å²) < 4.78 is 11.4. The summed E-state index contributed by atoms with van der Waals surface area (Å²) in [6.07, 6.45) is 0.752. The normalized spacial score (nSPS) is 10.5. The highest BCUT2D eigenvalue weighted by Gasteiger charge is 2.07. The summed E-state index contributed by atoms with van der Waals surface area (Å²) >= 11 is 6.05. The first-order valence-electron chi connectivity index (χ1n) is 7.21. The second kappa shape index (κ2) is 7.85. The molecule has 3 nitrogen and oxygen atoms in total. The zero-order chi connectivity index (χ0) is 15.9. The largest absolute Gasteiger partial charge is 0.490 e. The first-order valence-corrected chi connectivity index (χ1v) is 7.59. The van der Waals surface area contributed by atoms with Gasteiger partial charge in [-0.05, 0) is 35.7 Å². The highest BCUT2D eigenvalue weighted by molar-refractivity contribution is 6.32. The number of carbonyl (C=O) groups is 1. The molecule has 0 spiro atoms. The predicted octanol–water partition coefficient (Wildman–Crippen LogP) is 4.73. The van der Waals surface area contributed by atoms with E-state index in [0.717, 1.165) is 12.0 Å². The summed E-state index contributed by atoms with van der Waals surface area (Å²) in [5.74, 6) is 1.83. The number of aldehydes is 1. The van der Waals surface area contributed by atoms with Crippen LogP contribution in [0.4, 0.5) is 0 Å². The smallest absolute Gasteiger partial charge is 0.150 e. The fourth-order valence-corrected chi connectivity index (χ4v) is 2.34. The van der Waals surface area contributed by atoms with Gasteiger partial charge in [0.2, 0.25) is 0 Å². The van der Waals surface area contributed by atoms with E-state index in [1.165, 1.54) is 5.56 Å². The molecule has 116 valence electrons. The van der Waals surface area contributed by atoms with Crippen molar-refractivity contribution in [3.05, 3.63) is 58.6 Å². The fraction of sp³-hybridized carbons (Fsp3) is 0.278. The number of benzene rings is 2. The van der Waals surface area contributed by atoms with Gasteiger partial charge in [-0.15, -0.1) is 0 Å². The fourth-order valence-electron chi connectivity index (χ4n) is 2.10. The lowest BCUT2D eigenvalue weighted by Crippen LogP contribution is -2.10. The molecule has 0 N–H and O–H groups in total. The maximum absolute atomic E-state index is 10.7. The van der Waals surface area contributed by atoms with Crippen LogP contribution in [-0.4, -0.2) is 19.5 Å². The number of halogens is 1. The van der Waals surface area contributed by atoms with Gasteiger partial charge in [0.25, 0.3) is 0 Å². The average molecular weight is 319 g/mol. The molecule has 2 aromatic rings. The Bertz CT molecular complexity index is 638. The molecule has 0 saturated carbocycles. The molecule has 0 aliphatic rings. The highest BCUT2D eigenvalue weighted by atomic mass is 35.5. The Kier molecular flexibility index (Phi) is 5.84. The lowest BCUT2D eigenvalue weighted by molar-refractivity contribution is 0.112. The van der Waals surface area contributed by atoms with Crippen LogP contribution >= 0.6 is 11.6 Å². The van der Waals surface area contributed by atoms with E-state index in [9.17, 15) is 4.79 Å². The summed E-state index contributed by atoms with van der Waals surface area (Å²) in [5, 5.41) is 0.423. The van der Waals surface area contributed by atoms with Crippen LogP contribution in [0.25, 0.3) is 0 Å². The van der Waals surface area contributed by atoms with Crippen LogP contribution in [0.5, 0.6) is 11.5 Å². The molecular weight excluding hydrogens is 300 g/mol. The molecule has 0 bridgehead atoms. The average Bonchev–Trinajstić information content (AvgIpc) is 2.52. The Morgan fingerprint density at radius 1 is 1.05 bits per heavy atom. The topological polar surface area (TPSA) is 35.5 Å². The van der Waals surface area contributed by atoms with Crippen LogP contribution in [0.3, 0.4) is 0 Å². The van der Waals surface area contributed by atoms with Crippen molar-refractivity contribution in [2.45, 2.75) is 19.8 Å². The van der Waals surface area contributed by atoms with Crippen molar-refractivity contribution >= 4 is 17.9 Å². The third-order valence-corrected chi connectivity index (χ3v) is 3.53. The van der Waals surface area contributed by atoms with Crippen molar-refractivity contribution in [2.75, 3.05) is 13.2 Å². The highest BCUT2D eigenvalue weighted by Crippen LogP contribution is 2.27. The van der Waals surface area contributed by atoms with Crippen molar-refractivity contribution in [3.8, 4) is 11.5 Å². The zero-order valence-electron chi connectivity index (χ0n) is 12.7. The van der Waals surface area contributed by atoms with E-state index < -0.39 is 0 Å². The minimum atomic E-state index is 0.382. The molecule has 0 aliphatic heterocycles. The molecule has 0 saturated heterocycles. The number of hydrogen-bond donors (Lipinski definition) is 0. The molecule has 4 heteroatoms. The lowest BCUT2D eigenvalue weighted by Gasteiger charge is -2.14.